The van der Waals surface area contributed by atoms with Crippen LogP contribution in [0.5, 0.6) is 0 Å². The van der Waals surface area contributed by atoms with Crippen molar-refractivity contribution in [3.63, 3.8) is 0 Å². The molecule has 1 unspecified atom stereocenters. The van der Waals surface area contributed by atoms with E-state index in [1.54, 1.807) is 18.9 Å². The van der Waals surface area contributed by atoms with Gasteiger partial charge in [0.1, 0.15) is 0 Å². The number of hydroxylamine groups is 1. The molecule has 0 aromatic heterocycles. The maximum absolute atomic E-state index is 11.4. The van der Waals surface area contributed by atoms with Gasteiger partial charge in [-0.1, -0.05) is 0 Å². The van der Waals surface area contributed by atoms with Crippen molar-refractivity contribution in [1.29, 1.82) is 0 Å². The molecule has 1 aliphatic rings. The lowest BCUT2D eigenvalue weighted by molar-refractivity contribution is -0.136. The molecule has 0 saturated carbocycles. The van der Waals surface area contributed by atoms with Gasteiger partial charge in [-0.25, -0.2) is 5.48 Å². The van der Waals surface area contributed by atoms with Gasteiger partial charge in [0, 0.05) is 25.2 Å². The molecule has 1 fully saturated rings. The van der Waals surface area contributed by atoms with E-state index in [0.717, 1.165) is 18.1 Å². The Hall–Kier alpha value is -0.300. The Balaban J connectivity index is 2.07. The van der Waals surface area contributed by atoms with Gasteiger partial charge >= 0.3 is 0 Å². The number of ether oxygens (including phenoxy) is 1. The Kier molecular flexibility index (Phi) is 5.93. The molecule has 1 aliphatic heterocycles. The fourth-order valence-corrected chi connectivity index (χ4v) is 1.99. The highest BCUT2D eigenvalue weighted by molar-refractivity contribution is 7.99. The lowest BCUT2D eigenvalue weighted by Gasteiger charge is -2.21. The fraction of sp³-hybridized carbons (Fsp3) is 0.875. The quantitative estimate of drug-likeness (QED) is 0.478. The van der Waals surface area contributed by atoms with E-state index in [9.17, 15) is 4.79 Å². The molecule has 14 heavy (non-hydrogen) atoms. The molecule has 2 N–H and O–H groups in total. The third kappa shape index (κ3) is 4.28. The molecule has 0 bridgehead atoms. The van der Waals surface area contributed by atoms with Crippen LogP contribution >= 0.6 is 11.8 Å². The minimum absolute atomic E-state index is 0.103. The summed E-state index contributed by atoms with van der Waals surface area (Å²) in [5, 5.41) is 3.12. The van der Waals surface area contributed by atoms with Gasteiger partial charge in [0.25, 0.3) is 5.91 Å². The summed E-state index contributed by atoms with van der Waals surface area (Å²) < 4.78 is 4.77. The Bertz CT molecular complexity index is 174. The van der Waals surface area contributed by atoms with Crippen molar-refractivity contribution in [3.8, 4) is 0 Å². The monoisotopic (exact) mass is 220 g/mol. The molecule has 1 amide bonds. The highest BCUT2D eigenvalue weighted by atomic mass is 32.2. The number of methoxy groups -OCH3 is 1. The molecule has 1 atom stereocenters. The van der Waals surface area contributed by atoms with E-state index in [0.29, 0.717) is 13.2 Å². The third-order valence-corrected chi connectivity index (χ3v) is 2.86. The Morgan fingerprint density at radius 2 is 2.50 bits per heavy atom. The van der Waals surface area contributed by atoms with Gasteiger partial charge in [-0.15, -0.1) is 0 Å². The number of hydrogen-bond acceptors (Lipinski definition) is 5. The van der Waals surface area contributed by atoms with E-state index in [4.69, 9.17) is 9.57 Å². The third-order valence-electron chi connectivity index (χ3n) is 1.80. The van der Waals surface area contributed by atoms with Gasteiger partial charge in [0.15, 0.2) is 0 Å². The van der Waals surface area contributed by atoms with Crippen molar-refractivity contribution in [1.82, 2.24) is 10.8 Å². The number of thioether (sulfide) groups is 1. The summed E-state index contributed by atoms with van der Waals surface area (Å²) in [5.74, 6) is 1.77. The van der Waals surface area contributed by atoms with Crippen molar-refractivity contribution in [2.24, 2.45) is 0 Å². The molecule has 82 valence electrons. The first-order valence-electron chi connectivity index (χ1n) is 4.56. The highest BCUT2D eigenvalue weighted by Crippen LogP contribution is 2.07. The Morgan fingerprint density at radius 1 is 1.64 bits per heavy atom. The standard InChI is InChI=1S/C8H16N2O3S/c1-12-3-4-13-10-8(11)7-6-14-5-2-9-7/h7,9H,2-6H2,1H3,(H,10,11). The molecular formula is C8H16N2O3S. The molecule has 1 heterocycles. The van der Waals surface area contributed by atoms with Crippen LogP contribution in [-0.2, 0) is 14.4 Å². The second-order valence-electron chi connectivity index (χ2n) is 2.89. The van der Waals surface area contributed by atoms with E-state index in [1.807, 2.05) is 0 Å². The van der Waals surface area contributed by atoms with Crippen molar-refractivity contribution in [2.45, 2.75) is 6.04 Å². The number of hydrogen-bond donors (Lipinski definition) is 2. The van der Waals surface area contributed by atoms with Crippen LogP contribution < -0.4 is 10.8 Å². The SMILES string of the molecule is COCCONC(=O)C1CSCCN1. The van der Waals surface area contributed by atoms with E-state index in [-0.39, 0.29) is 11.9 Å². The predicted octanol–water partition coefficient (Wildman–Crippen LogP) is -0.614. The van der Waals surface area contributed by atoms with Crippen molar-refractivity contribution in [2.75, 3.05) is 38.4 Å². The minimum Gasteiger partial charge on any atom is -0.382 e. The molecule has 6 heteroatoms. The molecule has 0 aromatic carbocycles. The molecule has 1 saturated heterocycles. The Morgan fingerprint density at radius 3 is 3.14 bits per heavy atom. The average Bonchev–Trinajstić information content (AvgIpc) is 2.25. The van der Waals surface area contributed by atoms with E-state index < -0.39 is 0 Å². The van der Waals surface area contributed by atoms with Crippen LogP contribution in [0.4, 0.5) is 0 Å². The fourth-order valence-electron chi connectivity index (χ4n) is 1.05. The summed E-state index contributed by atoms with van der Waals surface area (Å²) in [4.78, 5) is 16.3. The summed E-state index contributed by atoms with van der Waals surface area (Å²) >= 11 is 1.77. The summed E-state index contributed by atoms with van der Waals surface area (Å²) in [6.07, 6.45) is 0. The topological polar surface area (TPSA) is 59.6 Å². The number of amides is 1. The molecule has 5 nitrogen and oxygen atoms in total. The van der Waals surface area contributed by atoms with Crippen LogP contribution in [0.1, 0.15) is 0 Å². The minimum atomic E-state index is -0.128. The first kappa shape index (κ1) is 11.8. The lowest BCUT2D eigenvalue weighted by atomic mass is 10.3. The Labute approximate surface area is 87.9 Å². The zero-order chi connectivity index (χ0) is 10.2. The van der Waals surface area contributed by atoms with E-state index in [2.05, 4.69) is 10.8 Å². The maximum Gasteiger partial charge on any atom is 0.261 e. The first-order chi connectivity index (χ1) is 6.84. The van der Waals surface area contributed by atoms with Gasteiger partial charge in [-0.05, 0) is 0 Å². The number of nitrogens with one attached hydrogen (secondary N) is 2. The molecular weight excluding hydrogens is 204 g/mol. The van der Waals surface area contributed by atoms with Crippen LogP contribution in [0, 0.1) is 0 Å². The normalized spacial score (nSPS) is 21.9. The van der Waals surface area contributed by atoms with Crippen LogP contribution in [0.2, 0.25) is 0 Å². The van der Waals surface area contributed by atoms with Gasteiger partial charge in [0.2, 0.25) is 0 Å². The summed E-state index contributed by atoms with van der Waals surface area (Å²) in [5.41, 5.74) is 2.39. The summed E-state index contributed by atoms with van der Waals surface area (Å²) in [6.45, 7) is 1.73. The smallest absolute Gasteiger partial charge is 0.261 e. The summed E-state index contributed by atoms with van der Waals surface area (Å²) in [6, 6.07) is -0.128. The van der Waals surface area contributed by atoms with Crippen LogP contribution in [0.15, 0.2) is 0 Å². The summed E-state index contributed by atoms with van der Waals surface area (Å²) in [7, 11) is 1.59. The van der Waals surface area contributed by atoms with E-state index in [1.165, 1.54) is 0 Å². The van der Waals surface area contributed by atoms with E-state index >= 15 is 0 Å². The molecule has 1 rings (SSSR count). The van der Waals surface area contributed by atoms with Crippen LogP contribution in [0.25, 0.3) is 0 Å². The van der Waals surface area contributed by atoms with Crippen LogP contribution in [-0.4, -0.2) is 50.3 Å². The number of carbonyl (C=O) groups is 1. The predicted molar refractivity (Wildman–Crippen MR) is 55.1 cm³/mol. The van der Waals surface area contributed by atoms with Crippen molar-refractivity contribution in [3.05, 3.63) is 0 Å². The van der Waals surface area contributed by atoms with Gasteiger partial charge in [0.05, 0.1) is 19.3 Å². The van der Waals surface area contributed by atoms with Crippen molar-refractivity contribution < 1.29 is 14.4 Å². The molecule has 0 radical (unpaired) electrons. The number of carbonyl (C=O) groups excluding carboxylic acids is 1. The van der Waals surface area contributed by atoms with Gasteiger partial charge < -0.3 is 10.1 Å². The first-order valence-corrected chi connectivity index (χ1v) is 5.72. The zero-order valence-electron chi connectivity index (χ0n) is 8.25. The second kappa shape index (κ2) is 7.05. The lowest BCUT2D eigenvalue weighted by Crippen LogP contribution is -2.49. The maximum atomic E-state index is 11.4. The largest absolute Gasteiger partial charge is 0.382 e. The zero-order valence-corrected chi connectivity index (χ0v) is 9.06. The highest BCUT2D eigenvalue weighted by Gasteiger charge is 2.20. The molecule has 0 spiro atoms. The molecule has 0 aliphatic carbocycles. The average molecular weight is 220 g/mol. The van der Waals surface area contributed by atoms with Crippen LogP contribution in [0.3, 0.4) is 0 Å². The second-order valence-corrected chi connectivity index (χ2v) is 4.04. The van der Waals surface area contributed by atoms with Gasteiger partial charge in [-0.3, -0.25) is 9.63 Å². The van der Waals surface area contributed by atoms with Crippen molar-refractivity contribution >= 4 is 17.7 Å². The molecule has 0 aromatic rings. The van der Waals surface area contributed by atoms with Gasteiger partial charge in [-0.2, -0.15) is 11.8 Å². The number of rotatable bonds is 5.